The van der Waals surface area contributed by atoms with Gasteiger partial charge in [0.2, 0.25) is 5.91 Å². The van der Waals surface area contributed by atoms with Crippen LogP contribution in [0.5, 0.6) is 0 Å². The van der Waals surface area contributed by atoms with Gasteiger partial charge in [-0.1, -0.05) is 19.9 Å². The molecule has 0 aliphatic carbocycles. The molecule has 2 fully saturated rings. The molecule has 0 aromatic carbocycles. The van der Waals surface area contributed by atoms with Gasteiger partial charge in [0, 0.05) is 50.4 Å². The highest BCUT2D eigenvalue weighted by Crippen LogP contribution is 2.26. The molecule has 2 aliphatic heterocycles. The minimum atomic E-state index is -0.183. The number of guanidine groups is 1. The Morgan fingerprint density at radius 2 is 2.03 bits per heavy atom. The van der Waals surface area contributed by atoms with E-state index in [0.717, 1.165) is 74.7 Å². The van der Waals surface area contributed by atoms with Gasteiger partial charge in [-0.15, -0.1) is 24.0 Å². The quantitative estimate of drug-likeness (QED) is 0.314. The summed E-state index contributed by atoms with van der Waals surface area (Å²) in [5.74, 6) is 3.29. The number of hydrogen-bond donors (Lipinski definition) is 2. The fourth-order valence-corrected chi connectivity index (χ4v) is 4.68. The summed E-state index contributed by atoms with van der Waals surface area (Å²) in [5.41, 5.74) is 6.61. The van der Waals surface area contributed by atoms with Gasteiger partial charge in [-0.05, 0) is 50.5 Å². The first kappa shape index (κ1) is 25.7. The van der Waals surface area contributed by atoms with Crippen molar-refractivity contribution in [3.63, 3.8) is 0 Å². The SMILES string of the molecule is CCNC(=NCc1cccnc1N1CCC(C(N)=O)CC1)N1CCC(CC(C)C)C1.I. The van der Waals surface area contributed by atoms with E-state index < -0.39 is 0 Å². The van der Waals surface area contributed by atoms with Gasteiger partial charge < -0.3 is 20.9 Å². The Labute approximate surface area is 204 Å². The summed E-state index contributed by atoms with van der Waals surface area (Å²) in [5, 5.41) is 3.48. The van der Waals surface area contributed by atoms with Crippen molar-refractivity contribution in [2.45, 2.75) is 53.0 Å². The number of primary amides is 1. The Kier molecular flexibility index (Phi) is 10.3. The van der Waals surface area contributed by atoms with Crippen molar-refractivity contribution >= 4 is 41.7 Å². The number of hydrogen-bond acceptors (Lipinski definition) is 4. The van der Waals surface area contributed by atoms with Gasteiger partial charge in [0.15, 0.2) is 5.96 Å². The molecule has 2 aliphatic rings. The molecule has 2 saturated heterocycles. The molecule has 3 heterocycles. The molecule has 1 aromatic heterocycles. The summed E-state index contributed by atoms with van der Waals surface area (Å²) in [6.45, 7) is 12.0. The highest BCUT2D eigenvalue weighted by Gasteiger charge is 2.26. The Hall–Kier alpha value is -1.58. The minimum Gasteiger partial charge on any atom is -0.369 e. The van der Waals surface area contributed by atoms with Crippen LogP contribution in [-0.2, 0) is 11.3 Å². The summed E-state index contributed by atoms with van der Waals surface area (Å²) < 4.78 is 0. The Morgan fingerprint density at radius 3 is 2.68 bits per heavy atom. The highest BCUT2D eigenvalue weighted by molar-refractivity contribution is 14.0. The van der Waals surface area contributed by atoms with Crippen LogP contribution in [-0.4, -0.2) is 54.5 Å². The van der Waals surface area contributed by atoms with Crippen LogP contribution in [0.3, 0.4) is 0 Å². The van der Waals surface area contributed by atoms with E-state index in [9.17, 15) is 4.79 Å². The third-order valence-corrected chi connectivity index (χ3v) is 6.19. The molecule has 0 bridgehead atoms. The maximum atomic E-state index is 11.5. The molecule has 8 heteroatoms. The first-order valence-corrected chi connectivity index (χ1v) is 11.5. The molecule has 1 amide bonds. The van der Waals surface area contributed by atoms with Gasteiger partial charge in [-0.3, -0.25) is 4.79 Å². The first-order valence-electron chi connectivity index (χ1n) is 11.5. The Bertz CT molecular complexity index is 733. The summed E-state index contributed by atoms with van der Waals surface area (Å²) in [7, 11) is 0. The van der Waals surface area contributed by atoms with Crippen LogP contribution in [0.15, 0.2) is 23.3 Å². The predicted octanol–water partition coefficient (Wildman–Crippen LogP) is 3.23. The number of nitrogens with two attached hydrogens (primary N) is 1. The van der Waals surface area contributed by atoms with Crippen molar-refractivity contribution in [1.82, 2.24) is 15.2 Å². The van der Waals surface area contributed by atoms with Crippen molar-refractivity contribution in [3.8, 4) is 0 Å². The first-order chi connectivity index (χ1) is 14.5. The van der Waals surface area contributed by atoms with Gasteiger partial charge in [0.1, 0.15) is 5.82 Å². The van der Waals surface area contributed by atoms with Crippen molar-refractivity contribution in [2.75, 3.05) is 37.6 Å². The van der Waals surface area contributed by atoms with Crippen LogP contribution in [0.2, 0.25) is 0 Å². The highest BCUT2D eigenvalue weighted by atomic mass is 127. The monoisotopic (exact) mass is 542 g/mol. The van der Waals surface area contributed by atoms with Crippen LogP contribution < -0.4 is 16.0 Å². The molecule has 1 unspecified atom stereocenters. The number of piperidine rings is 1. The van der Waals surface area contributed by atoms with E-state index in [-0.39, 0.29) is 35.8 Å². The molecular weight excluding hydrogens is 503 g/mol. The number of nitrogens with one attached hydrogen (secondary N) is 1. The fourth-order valence-electron chi connectivity index (χ4n) is 4.68. The van der Waals surface area contributed by atoms with Crippen LogP contribution >= 0.6 is 24.0 Å². The zero-order chi connectivity index (χ0) is 21.5. The van der Waals surface area contributed by atoms with Crippen molar-refractivity contribution < 1.29 is 4.79 Å². The molecule has 1 atom stereocenters. The molecule has 3 rings (SSSR count). The van der Waals surface area contributed by atoms with E-state index in [4.69, 9.17) is 10.7 Å². The lowest BCUT2D eigenvalue weighted by Crippen LogP contribution is -2.40. The average Bonchev–Trinajstić information content (AvgIpc) is 3.19. The molecule has 174 valence electrons. The number of amides is 1. The van der Waals surface area contributed by atoms with Gasteiger partial charge in [0.05, 0.1) is 6.54 Å². The van der Waals surface area contributed by atoms with Gasteiger partial charge in [0.25, 0.3) is 0 Å². The number of halogens is 1. The zero-order valence-corrected chi connectivity index (χ0v) is 21.5. The number of aliphatic imine (C=N–C) groups is 1. The number of aromatic nitrogens is 1. The molecule has 0 saturated carbocycles. The lowest BCUT2D eigenvalue weighted by Gasteiger charge is -2.32. The Morgan fingerprint density at radius 1 is 1.29 bits per heavy atom. The molecule has 0 spiro atoms. The van der Waals surface area contributed by atoms with Crippen LogP contribution in [0, 0.1) is 17.8 Å². The largest absolute Gasteiger partial charge is 0.369 e. The van der Waals surface area contributed by atoms with Crippen LogP contribution in [0.1, 0.15) is 52.0 Å². The maximum absolute atomic E-state index is 11.5. The number of carbonyl (C=O) groups excluding carboxylic acids is 1. The second kappa shape index (κ2) is 12.5. The summed E-state index contributed by atoms with van der Waals surface area (Å²) in [6.07, 6.45) is 5.95. The topological polar surface area (TPSA) is 86.9 Å². The van der Waals surface area contributed by atoms with E-state index in [2.05, 4.69) is 46.9 Å². The summed E-state index contributed by atoms with van der Waals surface area (Å²) in [4.78, 5) is 25.8. The normalized spacial score (nSPS) is 20.1. The maximum Gasteiger partial charge on any atom is 0.220 e. The number of pyridine rings is 1. The molecule has 31 heavy (non-hydrogen) atoms. The lowest BCUT2D eigenvalue weighted by molar-refractivity contribution is -0.122. The van der Waals surface area contributed by atoms with E-state index in [1.165, 1.54) is 12.8 Å². The molecule has 3 N–H and O–H groups in total. The third kappa shape index (κ3) is 7.22. The van der Waals surface area contributed by atoms with E-state index >= 15 is 0 Å². The fraction of sp³-hybridized carbons (Fsp3) is 0.696. The van der Waals surface area contributed by atoms with Gasteiger partial charge in [-0.2, -0.15) is 0 Å². The van der Waals surface area contributed by atoms with Crippen molar-refractivity contribution in [1.29, 1.82) is 0 Å². The Balaban J connectivity index is 0.00000341. The van der Waals surface area contributed by atoms with Crippen molar-refractivity contribution in [3.05, 3.63) is 23.9 Å². The van der Waals surface area contributed by atoms with Gasteiger partial charge >= 0.3 is 0 Å². The number of rotatable bonds is 7. The van der Waals surface area contributed by atoms with Gasteiger partial charge in [-0.25, -0.2) is 9.98 Å². The van der Waals surface area contributed by atoms with Crippen LogP contribution in [0.4, 0.5) is 5.82 Å². The minimum absolute atomic E-state index is 0. The molecule has 7 nitrogen and oxygen atoms in total. The second-order valence-corrected chi connectivity index (χ2v) is 9.05. The number of likely N-dealkylation sites (tertiary alicyclic amines) is 1. The zero-order valence-electron chi connectivity index (χ0n) is 19.2. The predicted molar refractivity (Wildman–Crippen MR) is 138 cm³/mol. The smallest absolute Gasteiger partial charge is 0.220 e. The van der Waals surface area contributed by atoms with E-state index in [1.807, 2.05) is 12.3 Å². The molecule has 0 radical (unpaired) electrons. The molecular formula is C23H39IN6O. The summed E-state index contributed by atoms with van der Waals surface area (Å²) in [6, 6.07) is 4.09. The number of nitrogens with zero attached hydrogens (tertiary/aromatic N) is 4. The lowest BCUT2D eigenvalue weighted by atomic mass is 9.96. The number of anilines is 1. The number of carbonyl (C=O) groups is 1. The standard InChI is InChI=1S/C23H38N6O.HI/c1-4-25-23(29-11-7-18(16-29)14-17(2)3)27-15-20-6-5-10-26-22(20)28-12-8-19(9-13-28)21(24)30;/h5-6,10,17-19H,4,7-9,11-16H2,1-3H3,(H2,24,30)(H,25,27);1H. The van der Waals surface area contributed by atoms with Crippen LogP contribution in [0.25, 0.3) is 0 Å². The second-order valence-electron chi connectivity index (χ2n) is 9.05. The molecule has 1 aromatic rings. The van der Waals surface area contributed by atoms with Crippen molar-refractivity contribution in [2.24, 2.45) is 28.5 Å². The van der Waals surface area contributed by atoms with E-state index in [1.54, 1.807) is 0 Å². The summed E-state index contributed by atoms with van der Waals surface area (Å²) >= 11 is 0. The van der Waals surface area contributed by atoms with E-state index in [0.29, 0.717) is 6.54 Å². The third-order valence-electron chi connectivity index (χ3n) is 6.19. The average molecular weight is 543 g/mol.